The number of aromatic nitrogens is 1. The quantitative estimate of drug-likeness (QED) is 0.749. The number of hydrogen-bond acceptors (Lipinski definition) is 5. The molecule has 1 fully saturated rings. The van der Waals surface area contributed by atoms with Gasteiger partial charge < -0.3 is 9.73 Å². The average molecular weight is 382 g/mol. The number of nitrogens with one attached hydrogen (secondary N) is 1. The summed E-state index contributed by atoms with van der Waals surface area (Å²) in [5.74, 6) is 0.728. The summed E-state index contributed by atoms with van der Waals surface area (Å²) in [6, 6.07) is 16.2. The lowest BCUT2D eigenvalue weighted by Gasteiger charge is -2.12. The Hall–Kier alpha value is -2.93. The second kappa shape index (κ2) is 7.00. The topological polar surface area (TPSA) is 89.3 Å². The first-order valence-electron chi connectivity index (χ1n) is 8.64. The van der Waals surface area contributed by atoms with Crippen molar-refractivity contribution in [1.29, 1.82) is 0 Å². The molecular weight excluding hydrogens is 364 g/mol. The van der Waals surface area contributed by atoms with Gasteiger partial charge in [-0.15, -0.1) is 0 Å². The van der Waals surface area contributed by atoms with Gasteiger partial charge in [-0.05, 0) is 18.6 Å². The third-order valence-corrected chi connectivity index (χ3v) is 6.30. The van der Waals surface area contributed by atoms with Crippen molar-refractivity contribution in [1.82, 2.24) is 10.3 Å². The molecule has 1 amide bonds. The number of carbonyl (C=O) groups excluding carboxylic acids is 1. The maximum Gasteiger partial charge on any atom is 0.252 e. The van der Waals surface area contributed by atoms with E-state index in [0.717, 1.165) is 5.56 Å². The van der Waals surface area contributed by atoms with Crippen LogP contribution in [-0.4, -0.2) is 36.9 Å². The first kappa shape index (κ1) is 17.5. The van der Waals surface area contributed by atoms with Gasteiger partial charge in [0.25, 0.3) is 5.91 Å². The van der Waals surface area contributed by atoms with E-state index in [9.17, 15) is 13.2 Å². The van der Waals surface area contributed by atoms with Crippen LogP contribution >= 0.6 is 0 Å². The van der Waals surface area contributed by atoms with Crippen LogP contribution in [0.3, 0.4) is 0 Å². The van der Waals surface area contributed by atoms with Gasteiger partial charge in [-0.3, -0.25) is 4.79 Å². The third kappa shape index (κ3) is 3.78. The van der Waals surface area contributed by atoms with Gasteiger partial charge in [-0.25, -0.2) is 13.4 Å². The van der Waals surface area contributed by atoms with E-state index in [1.165, 1.54) is 0 Å². The van der Waals surface area contributed by atoms with E-state index in [4.69, 9.17) is 4.42 Å². The van der Waals surface area contributed by atoms with Crippen molar-refractivity contribution >= 4 is 15.7 Å². The van der Waals surface area contributed by atoms with Gasteiger partial charge in [0.05, 0.1) is 23.3 Å². The highest BCUT2D eigenvalue weighted by molar-refractivity contribution is 7.91. The van der Waals surface area contributed by atoms with Crippen molar-refractivity contribution in [2.24, 2.45) is 0 Å². The van der Waals surface area contributed by atoms with Gasteiger partial charge >= 0.3 is 0 Å². The fourth-order valence-corrected chi connectivity index (χ4v) is 4.85. The summed E-state index contributed by atoms with van der Waals surface area (Å²) < 4.78 is 29.1. The molecule has 6 nitrogen and oxygen atoms in total. The largest absolute Gasteiger partial charge is 0.436 e. The Labute approximate surface area is 157 Å². The monoisotopic (exact) mass is 382 g/mol. The zero-order valence-corrected chi connectivity index (χ0v) is 15.3. The number of sulfone groups is 1. The van der Waals surface area contributed by atoms with Crippen LogP contribution in [0.4, 0.5) is 0 Å². The number of hydrogen-bond donors (Lipinski definition) is 1. The average Bonchev–Trinajstić information content (AvgIpc) is 3.29. The van der Waals surface area contributed by atoms with Gasteiger partial charge in [0.1, 0.15) is 0 Å². The Bertz CT molecular complexity index is 1070. The molecule has 1 aromatic heterocycles. The minimum Gasteiger partial charge on any atom is -0.436 e. The zero-order chi connectivity index (χ0) is 18.9. The Balaban J connectivity index is 1.60. The first-order chi connectivity index (χ1) is 13.0. The molecule has 0 aliphatic carbocycles. The fourth-order valence-electron chi connectivity index (χ4n) is 3.17. The molecular formula is C20H18N2O4S. The molecule has 0 bridgehead atoms. The standard InChI is InChI=1S/C20H18N2O4S/c23-19(22-15-10-11-27(24,25)13-15)16-8-4-5-9-17(16)20-21-12-18(26-20)14-6-2-1-3-7-14/h1-9,12,15H,10-11,13H2,(H,22,23). The summed E-state index contributed by atoms with van der Waals surface area (Å²) in [7, 11) is -3.06. The number of benzene rings is 2. The molecule has 27 heavy (non-hydrogen) atoms. The van der Waals surface area contributed by atoms with Crippen molar-refractivity contribution in [2.75, 3.05) is 11.5 Å². The Kier molecular flexibility index (Phi) is 4.53. The molecule has 0 saturated carbocycles. The number of carbonyl (C=O) groups is 1. The molecule has 7 heteroatoms. The molecule has 1 aliphatic heterocycles. The molecule has 4 rings (SSSR count). The van der Waals surface area contributed by atoms with Crippen LogP contribution in [0.1, 0.15) is 16.8 Å². The smallest absolute Gasteiger partial charge is 0.252 e. The summed E-state index contributed by atoms with van der Waals surface area (Å²) in [5.41, 5.74) is 1.87. The molecule has 1 saturated heterocycles. The van der Waals surface area contributed by atoms with E-state index in [2.05, 4.69) is 10.3 Å². The molecule has 1 aliphatic rings. The lowest BCUT2D eigenvalue weighted by Crippen LogP contribution is -2.35. The number of rotatable bonds is 4. The predicted octanol–water partition coefficient (Wildman–Crippen LogP) is 2.93. The zero-order valence-electron chi connectivity index (χ0n) is 14.5. The van der Waals surface area contributed by atoms with Crippen molar-refractivity contribution in [3.8, 4) is 22.8 Å². The van der Waals surface area contributed by atoms with Crippen LogP contribution in [0.15, 0.2) is 65.2 Å². The minimum atomic E-state index is -3.06. The van der Waals surface area contributed by atoms with E-state index < -0.39 is 9.84 Å². The second-order valence-corrected chi connectivity index (χ2v) is 8.74. The summed E-state index contributed by atoms with van der Waals surface area (Å²) in [6.45, 7) is 0. The molecule has 0 spiro atoms. The lowest BCUT2D eigenvalue weighted by atomic mass is 10.1. The van der Waals surface area contributed by atoms with Crippen LogP contribution < -0.4 is 5.32 Å². The number of oxazole rings is 1. The van der Waals surface area contributed by atoms with E-state index in [1.807, 2.05) is 30.3 Å². The van der Waals surface area contributed by atoms with Gasteiger partial charge in [0.2, 0.25) is 5.89 Å². The van der Waals surface area contributed by atoms with Crippen LogP contribution in [0.5, 0.6) is 0 Å². The normalized spacial score (nSPS) is 18.3. The van der Waals surface area contributed by atoms with Crippen LogP contribution in [0.2, 0.25) is 0 Å². The molecule has 2 heterocycles. The molecule has 1 N–H and O–H groups in total. The maximum absolute atomic E-state index is 12.7. The third-order valence-electron chi connectivity index (χ3n) is 4.53. The molecule has 1 atom stereocenters. The molecule has 0 radical (unpaired) electrons. The molecule has 138 valence electrons. The van der Waals surface area contributed by atoms with E-state index >= 15 is 0 Å². The van der Waals surface area contributed by atoms with Gasteiger partial charge in [-0.1, -0.05) is 42.5 Å². The van der Waals surface area contributed by atoms with Gasteiger partial charge in [0, 0.05) is 17.2 Å². The Morgan fingerprint density at radius 1 is 1.07 bits per heavy atom. The van der Waals surface area contributed by atoms with Gasteiger partial charge in [0.15, 0.2) is 15.6 Å². The number of amides is 1. The van der Waals surface area contributed by atoms with Crippen molar-refractivity contribution < 1.29 is 17.6 Å². The van der Waals surface area contributed by atoms with Crippen molar-refractivity contribution in [2.45, 2.75) is 12.5 Å². The highest BCUT2D eigenvalue weighted by atomic mass is 32.2. The first-order valence-corrected chi connectivity index (χ1v) is 10.5. The van der Waals surface area contributed by atoms with E-state index in [0.29, 0.717) is 29.2 Å². The Morgan fingerprint density at radius 2 is 1.81 bits per heavy atom. The fraction of sp³-hybridized carbons (Fsp3) is 0.200. The maximum atomic E-state index is 12.7. The van der Waals surface area contributed by atoms with Crippen LogP contribution in [0.25, 0.3) is 22.8 Å². The van der Waals surface area contributed by atoms with E-state index in [-0.39, 0.29) is 23.5 Å². The van der Waals surface area contributed by atoms with E-state index in [1.54, 1.807) is 30.5 Å². The molecule has 3 aromatic rings. The summed E-state index contributed by atoms with van der Waals surface area (Å²) in [4.78, 5) is 17.0. The van der Waals surface area contributed by atoms with Crippen LogP contribution in [0, 0.1) is 0 Å². The summed E-state index contributed by atoms with van der Waals surface area (Å²) >= 11 is 0. The van der Waals surface area contributed by atoms with Crippen molar-refractivity contribution in [3.05, 3.63) is 66.4 Å². The SMILES string of the molecule is O=C(NC1CCS(=O)(=O)C1)c1ccccc1-c1ncc(-c2ccccc2)o1. The van der Waals surface area contributed by atoms with Gasteiger partial charge in [-0.2, -0.15) is 0 Å². The number of nitrogens with zero attached hydrogens (tertiary/aromatic N) is 1. The lowest BCUT2D eigenvalue weighted by molar-refractivity contribution is 0.0941. The Morgan fingerprint density at radius 3 is 2.56 bits per heavy atom. The second-order valence-electron chi connectivity index (χ2n) is 6.51. The molecule has 2 aromatic carbocycles. The highest BCUT2D eigenvalue weighted by Crippen LogP contribution is 2.28. The highest BCUT2D eigenvalue weighted by Gasteiger charge is 2.29. The molecule has 1 unspecified atom stereocenters. The minimum absolute atomic E-state index is 0.0158. The van der Waals surface area contributed by atoms with Crippen molar-refractivity contribution in [3.63, 3.8) is 0 Å². The van der Waals surface area contributed by atoms with Crippen LogP contribution in [-0.2, 0) is 9.84 Å². The predicted molar refractivity (Wildman–Crippen MR) is 102 cm³/mol. The summed E-state index contributed by atoms with van der Waals surface area (Å²) in [6.07, 6.45) is 2.07. The summed E-state index contributed by atoms with van der Waals surface area (Å²) in [5, 5.41) is 2.81.